The maximum Gasteiger partial charge on any atom is 0.409 e. The van der Waals surface area contributed by atoms with Gasteiger partial charge in [0.2, 0.25) is 5.52 Å². The van der Waals surface area contributed by atoms with Crippen LogP contribution < -0.4 is 31.2 Å². The van der Waals surface area contributed by atoms with E-state index in [0.717, 1.165) is 32.6 Å². The van der Waals surface area contributed by atoms with Gasteiger partial charge in [0.25, 0.3) is 5.69 Å². The molecule has 0 fully saturated rings. The highest BCUT2D eigenvalue weighted by Gasteiger charge is 2.52. The molecule has 0 spiro atoms. The van der Waals surface area contributed by atoms with Crippen molar-refractivity contribution < 1.29 is 102 Å². The van der Waals surface area contributed by atoms with Crippen LogP contribution in [0.5, 0.6) is 5.75 Å². The third-order valence-corrected chi connectivity index (χ3v) is 13.7. The van der Waals surface area contributed by atoms with Crippen LogP contribution in [-0.2, 0) is 6.54 Å². The number of carbonyl (C=O) groups is 1. The van der Waals surface area contributed by atoms with Gasteiger partial charge in [0, 0.05) is 33.9 Å². The Kier molecular flexibility index (Phi) is 13.9. The van der Waals surface area contributed by atoms with Gasteiger partial charge in [0.05, 0.1) is 0 Å². The van der Waals surface area contributed by atoms with Crippen molar-refractivity contribution >= 4 is 77.2 Å². The van der Waals surface area contributed by atoms with Crippen molar-refractivity contribution in [1.82, 2.24) is 0 Å². The zero-order chi connectivity index (χ0) is 58.4. The van der Waals surface area contributed by atoms with Gasteiger partial charge in [-0.25, -0.2) is 92.6 Å². The summed E-state index contributed by atoms with van der Waals surface area (Å²) in [5, 5.41) is 7.86. The minimum absolute atomic E-state index is 0.369. The van der Waals surface area contributed by atoms with Crippen molar-refractivity contribution in [2.45, 2.75) is 6.54 Å². The van der Waals surface area contributed by atoms with Crippen LogP contribution >= 0.6 is 0 Å². The minimum Gasteiger partial charge on any atom is -0.418 e. The van der Waals surface area contributed by atoms with Gasteiger partial charge >= 0.3 is 5.97 Å². The molecular weight excluding hydrogens is 1120 g/mol. The fraction of sp³-hybridized carbons (Fsp3) is 0.0175. The molecule has 10 aromatic carbocycles. The normalized spacial score (nSPS) is 11.8. The van der Waals surface area contributed by atoms with Gasteiger partial charge in [-0.15, -0.1) is 21.9 Å². The van der Waals surface area contributed by atoms with Crippen molar-refractivity contribution in [1.29, 1.82) is 0 Å². The Bertz CT molecular complexity index is 4050. The molecule has 0 saturated heterocycles. The fourth-order valence-electron chi connectivity index (χ4n) is 10.2. The first-order valence-corrected chi connectivity index (χ1v) is 23.0. The Labute approximate surface area is 439 Å². The molecule has 0 aliphatic carbocycles. The van der Waals surface area contributed by atoms with E-state index in [-0.39, 0.29) is 5.97 Å². The molecule has 1 heterocycles. The third-order valence-electron chi connectivity index (χ3n) is 13.7. The van der Waals surface area contributed by atoms with Crippen LogP contribution in [0.1, 0.15) is 16.1 Å². The number of ether oxygens (including phenoxy) is 1. The Morgan fingerprint density at radius 3 is 1.10 bits per heavy atom. The van der Waals surface area contributed by atoms with E-state index in [4.69, 9.17) is 4.74 Å². The summed E-state index contributed by atoms with van der Waals surface area (Å²) < 4.78 is 302. The third kappa shape index (κ3) is 8.39. The van der Waals surface area contributed by atoms with Gasteiger partial charge in [-0.05, 0) is 45.8 Å². The number of aromatic nitrogens is 1. The van der Waals surface area contributed by atoms with Crippen molar-refractivity contribution in [3.05, 3.63) is 249 Å². The number of carbonyl (C=O) groups excluding carboxylic acids is 1. The molecule has 0 amide bonds. The summed E-state index contributed by atoms with van der Waals surface area (Å²) in [6.07, 6.45) is -7.22. The monoisotopic (exact) mass is 1140 g/mol. The van der Waals surface area contributed by atoms with Gasteiger partial charge in [-0.1, -0.05) is 84.9 Å². The van der Waals surface area contributed by atoms with E-state index in [1.54, 1.807) is 0 Å². The highest BCUT2D eigenvalue weighted by Crippen LogP contribution is 2.39. The van der Waals surface area contributed by atoms with Gasteiger partial charge < -0.3 is 4.74 Å². The number of rotatable bonds is 8. The van der Waals surface area contributed by atoms with Crippen LogP contribution in [0.4, 0.5) is 87.8 Å². The molecule has 11 aromatic rings. The molecule has 3 nitrogen and oxygen atoms in total. The van der Waals surface area contributed by atoms with E-state index in [9.17, 15) is 57.5 Å². The van der Waals surface area contributed by atoms with Crippen molar-refractivity contribution in [3.8, 4) is 5.75 Å². The zero-order valence-electron chi connectivity index (χ0n) is 39.7. The molecule has 0 bridgehead atoms. The number of para-hydroxylation sites is 1. The van der Waals surface area contributed by atoms with E-state index in [1.165, 1.54) is 16.2 Å². The molecule has 0 radical (unpaired) electrons. The summed E-state index contributed by atoms with van der Waals surface area (Å²) in [6.45, 7) is 0.575. The average Bonchev–Trinajstić information content (AvgIpc) is 3.53. The second-order valence-electron chi connectivity index (χ2n) is 18.0. The van der Waals surface area contributed by atoms with Gasteiger partial charge in [-0.3, -0.25) is 0 Å². The van der Waals surface area contributed by atoms with E-state index in [2.05, 4.69) is 60.7 Å². The van der Waals surface area contributed by atoms with E-state index in [1.807, 2.05) is 65.2 Å². The Morgan fingerprint density at radius 1 is 0.333 bits per heavy atom. The molecule has 0 aliphatic heterocycles. The molecule has 0 aliphatic rings. The first-order chi connectivity index (χ1) is 38.5. The summed E-state index contributed by atoms with van der Waals surface area (Å²) in [5.41, 5.74) is -11.7. The summed E-state index contributed by atoms with van der Waals surface area (Å²) in [5.74, 6) is -71.2. The van der Waals surface area contributed by atoms with Crippen molar-refractivity contribution in [3.63, 3.8) is 0 Å². The zero-order valence-corrected chi connectivity index (χ0v) is 39.7. The van der Waals surface area contributed by atoms with Gasteiger partial charge in [0.15, 0.2) is 76.4 Å². The molecule has 0 atom stereocenters. The quantitative estimate of drug-likeness (QED) is 0.0222. The fourth-order valence-corrected chi connectivity index (χ4v) is 10.2. The molecule has 0 unspecified atom stereocenters. The number of benzene rings is 10. The first-order valence-electron chi connectivity index (χ1n) is 23.0. The smallest absolute Gasteiger partial charge is 0.409 e. The highest BCUT2D eigenvalue weighted by molar-refractivity contribution is 7.20. The van der Waals surface area contributed by atoms with Crippen LogP contribution in [0, 0.1) is 116 Å². The van der Waals surface area contributed by atoms with Crippen molar-refractivity contribution in [2.24, 2.45) is 0 Å². The Balaban J connectivity index is 0.000000185. The summed E-state index contributed by atoms with van der Waals surface area (Å²) in [7, 11) is 0. The molecule has 11 rings (SSSR count). The maximum atomic E-state index is 15.4. The summed E-state index contributed by atoms with van der Waals surface area (Å²) in [6, 6.07) is 40.9. The van der Waals surface area contributed by atoms with Crippen LogP contribution in [0.15, 0.2) is 121 Å². The molecule has 410 valence electrons. The molecule has 0 saturated carbocycles. The average molecular weight is 1140 g/mol. The number of hydrogen-bond acceptors (Lipinski definition) is 2. The lowest BCUT2D eigenvalue weighted by Gasteiger charge is -2.44. The lowest BCUT2D eigenvalue weighted by atomic mass is 9.12. The summed E-state index contributed by atoms with van der Waals surface area (Å²) >= 11 is 0. The first kappa shape index (κ1) is 55.1. The van der Waals surface area contributed by atoms with Gasteiger partial charge in [0.1, 0.15) is 58.4 Å². The van der Waals surface area contributed by atoms with Crippen molar-refractivity contribution in [2.75, 3.05) is 0 Å². The Hall–Kier alpha value is -9.22. The van der Waals surface area contributed by atoms with E-state index >= 15 is 35.1 Å². The van der Waals surface area contributed by atoms with E-state index in [0.29, 0.717) is 18.0 Å². The molecule has 24 heteroatoms. The SMILES string of the molecule is Fc1c(F)c(F)c([B-](c2c(F)c(F)c(F)c(F)c2F)(c2c(F)c(F)c(F)c(F)c2F)c2c(F)c(F)c(F)c(F)c2F)c(F)c1F.O=C(Oc1ccc2ccc3cccc4ccc1c2c34)c1ccc2ccccc2[n+]1Cc1ccccc1. The Morgan fingerprint density at radius 2 is 0.667 bits per heavy atom. The summed E-state index contributed by atoms with van der Waals surface area (Å²) in [4.78, 5) is 13.7. The topological polar surface area (TPSA) is 30.2 Å². The van der Waals surface area contributed by atoms with Crippen LogP contribution in [-0.4, -0.2) is 12.1 Å². The molecule has 1 aromatic heterocycles. The maximum absolute atomic E-state index is 15.4. The van der Waals surface area contributed by atoms with Crippen LogP contribution in [0.3, 0.4) is 0 Å². The minimum atomic E-state index is -7.22. The largest absolute Gasteiger partial charge is 0.418 e. The second kappa shape index (κ2) is 20.5. The van der Waals surface area contributed by atoms with E-state index < -0.39 is 144 Å². The number of hydrogen-bond donors (Lipinski definition) is 0. The standard InChI is InChI=1S/C33H22NO2.C24BF20/c35-33(29-19-16-23-9-4-5-12-28(23)34(29)21-22-7-2-1-3-8-22)36-30-20-17-26-14-13-24-10-6-11-25-15-18-27(30)32(26)31(24)25;26-5-1(6(27)14(35)21(42)13(5)34)25(2-7(28)15(36)22(43)16(37)8(2)29,3-9(30)17(38)23(44)18(39)10(3)31)4-11(32)19(40)24(45)20(41)12(4)33/h1-20H,21H2;/q+1;-1. The van der Waals surface area contributed by atoms with Crippen LogP contribution in [0.25, 0.3) is 43.2 Å². The number of nitrogens with zero attached hydrogens (tertiary/aromatic N) is 1. The predicted molar refractivity (Wildman–Crippen MR) is 254 cm³/mol. The number of pyridine rings is 1. The number of halogens is 20. The second-order valence-corrected chi connectivity index (χ2v) is 18.0. The van der Waals surface area contributed by atoms with Gasteiger partial charge in [-0.2, -0.15) is 4.57 Å². The lowest BCUT2D eigenvalue weighted by molar-refractivity contribution is -0.664. The number of esters is 1. The number of fused-ring (bicyclic) bond motifs is 1. The molecule has 81 heavy (non-hydrogen) atoms. The lowest BCUT2D eigenvalue weighted by Crippen LogP contribution is -2.81. The molecular formula is C57H22BF20NO2. The highest BCUT2D eigenvalue weighted by atomic mass is 19.2. The molecule has 0 N–H and O–H groups in total. The predicted octanol–water partition coefficient (Wildman–Crippen LogP) is 13.1. The van der Waals surface area contributed by atoms with Crippen LogP contribution in [0.2, 0.25) is 0 Å².